The van der Waals surface area contributed by atoms with Gasteiger partial charge >= 0.3 is 0 Å². The normalized spacial score (nSPS) is 17.9. The molecule has 0 spiro atoms. The summed E-state index contributed by atoms with van der Waals surface area (Å²) in [7, 11) is 0. The number of nitrogens with one attached hydrogen (secondary N) is 2. The van der Waals surface area contributed by atoms with Gasteiger partial charge in [0.05, 0.1) is 11.6 Å². The fourth-order valence-corrected chi connectivity index (χ4v) is 4.16. The predicted molar refractivity (Wildman–Crippen MR) is 127 cm³/mol. The van der Waals surface area contributed by atoms with Gasteiger partial charge in [-0.05, 0) is 73.9 Å². The number of hydrogen-bond donors (Lipinski definition) is 2. The van der Waals surface area contributed by atoms with Crippen LogP contribution in [-0.4, -0.2) is 35.1 Å². The van der Waals surface area contributed by atoms with Crippen LogP contribution < -0.4 is 15.4 Å². The van der Waals surface area contributed by atoms with Gasteiger partial charge in [0.25, 0.3) is 5.91 Å². The Morgan fingerprint density at radius 3 is 2.94 bits per heavy atom. The van der Waals surface area contributed by atoms with Crippen molar-refractivity contribution in [2.45, 2.75) is 25.4 Å². The SMILES string of the molecule is N#CC1=C(F)C=C(c2ccc(C(=O)Nc3ccc4cccnc4n3)cc2OC2CCNC2)CC1. The van der Waals surface area contributed by atoms with E-state index in [1.54, 1.807) is 30.5 Å². The number of rotatable bonds is 5. The zero-order valence-electron chi connectivity index (χ0n) is 18.3. The van der Waals surface area contributed by atoms with Crippen molar-refractivity contribution in [3.63, 3.8) is 0 Å². The first-order chi connectivity index (χ1) is 16.6. The number of ether oxygens (including phenoxy) is 1. The van der Waals surface area contributed by atoms with Gasteiger partial charge in [-0.25, -0.2) is 14.4 Å². The van der Waals surface area contributed by atoms with Crippen LogP contribution in [0.4, 0.5) is 10.2 Å². The number of hydrogen-bond acceptors (Lipinski definition) is 6. The smallest absolute Gasteiger partial charge is 0.256 e. The van der Waals surface area contributed by atoms with Crippen molar-refractivity contribution in [2.24, 2.45) is 0 Å². The number of allylic oxidation sites excluding steroid dienone is 4. The second-order valence-electron chi connectivity index (χ2n) is 8.25. The third-order valence-corrected chi connectivity index (χ3v) is 5.97. The van der Waals surface area contributed by atoms with E-state index in [-0.39, 0.29) is 17.6 Å². The van der Waals surface area contributed by atoms with Gasteiger partial charge in [-0.15, -0.1) is 0 Å². The van der Waals surface area contributed by atoms with Crippen LogP contribution in [-0.2, 0) is 0 Å². The van der Waals surface area contributed by atoms with E-state index in [2.05, 4.69) is 20.6 Å². The molecule has 1 aliphatic heterocycles. The van der Waals surface area contributed by atoms with E-state index in [9.17, 15) is 9.18 Å². The summed E-state index contributed by atoms with van der Waals surface area (Å²) < 4.78 is 20.6. The molecule has 7 nitrogen and oxygen atoms in total. The van der Waals surface area contributed by atoms with Crippen molar-refractivity contribution < 1.29 is 13.9 Å². The largest absolute Gasteiger partial charge is 0.488 e. The number of nitriles is 1. The van der Waals surface area contributed by atoms with Crippen LogP contribution in [0.3, 0.4) is 0 Å². The van der Waals surface area contributed by atoms with Gasteiger partial charge < -0.3 is 15.4 Å². The summed E-state index contributed by atoms with van der Waals surface area (Å²) in [6.07, 6.45) is 4.71. The van der Waals surface area contributed by atoms with E-state index in [1.165, 1.54) is 6.08 Å². The van der Waals surface area contributed by atoms with Gasteiger partial charge in [-0.1, -0.05) is 6.07 Å². The number of aromatic nitrogens is 2. The number of amides is 1. The zero-order valence-corrected chi connectivity index (χ0v) is 18.3. The molecule has 2 N–H and O–H groups in total. The molecule has 8 heteroatoms. The van der Waals surface area contributed by atoms with Crippen molar-refractivity contribution >= 4 is 28.3 Å². The third kappa shape index (κ3) is 4.51. The summed E-state index contributed by atoms with van der Waals surface area (Å²) in [4.78, 5) is 21.6. The summed E-state index contributed by atoms with van der Waals surface area (Å²) >= 11 is 0. The highest BCUT2D eigenvalue weighted by atomic mass is 19.1. The van der Waals surface area contributed by atoms with Gasteiger partial charge in [-0.2, -0.15) is 5.26 Å². The first-order valence-corrected chi connectivity index (χ1v) is 11.1. The van der Waals surface area contributed by atoms with E-state index in [0.29, 0.717) is 42.2 Å². The molecule has 3 aromatic rings. The van der Waals surface area contributed by atoms with Crippen molar-refractivity contribution in [1.29, 1.82) is 5.26 Å². The van der Waals surface area contributed by atoms with Gasteiger partial charge in [0, 0.05) is 29.3 Å². The molecule has 2 aromatic heterocycles. The van der Waals surface area contributed by atoms with E-state index in [0.717, 1.165) is 29.5 Å². The molecule has 0 saturated carbocycles. The summed E-state index contributed by atoms with van der Waals surface area (Å²) in [5.74, 6) is 0.0668. The highest BCUT2D eigenvalue weighted by molar-refractivity contribution is 6.04. The molecule has 1 unspecified atom stereocenters. The standard InChI is InChI=1S/C26H22FN5O2/c27-22-12-17(3-4-19(22)14-28)21-7-5-18(13-23(21)34-20-9-11-29-15-20)26(33)32-24-8-6-16-2-1-10-30-25(16)31-24/h1-2,5-8,10,12-13,20,29H,3-4,9,11,15H2,(H,30,31,32,33). The Hall–Kier alpha value is -4.09. The molecule has 1 atom stereocenters. The maximum absolute atomic E-state index is 14.3. The van der Waals surface area contributed by atoms with E-state index in [4.69, 9.17) is 10.00 Å². The van der Waals surface area contributed by atoms with E-state index >= 15 is 0 Å². The Labute approximate surface area is 196 Å². The van der Waals surface area contributed by atoms with Gasteiger partial charge in [0.15, 0.2) is 5.65 Å². The number of pyridine rings is 2. The molecule has 3 heterocycles. The van der Waals surface area contributed by atoms with Crippen LogP contribution in [0.15, 0.2) is 66.1 Å². The molecule has 0 radical (unpaired) electrons. The Morgan fingerprint density at radius 1 is 1.24 bits per heavy atom. The lowest BCUT2D eigenvalue weighted by Crippen LogP contribution is -2.21. The van der Waals surface area contributed by atoms with Crippen LogP contribution in [0.5, 0.6) is 5.75 Å². The molecule has 170 valence electrons. The summed E-state index contributed by atoms with van der Waals surface area (Å²) in [5, 5.41) is 16.0. The molecule has 1 aromatic carbocycles. The first kappa shape index (κ1) is 21.7. The van der Waals surface area contributed by atoms with Crippen molar-refractivity contribution in [2.75, 3.05) is 18.4 Å². The van der Waals surface area contributed by atoms with Crippen molar-refractivity contribution in [3.8, 4) is 11.8 Å². The molecule has 1 fully saturated rings. The second-order valence-corrected chi connectivity index (χ2v) is 8.25. The highest BCUT2D eigenvalue weighted by Gasteiger charge is 2.22. The topological polar surface area (TPSA) is 99.9 Å². The fraction of sp³-hybridized carbons (Fsp3) is 0.231. The van der Waals surface area contributed by atoms with Crippen molar-refractivity contribution in [1.82, 2.24) is 15.3 Å². The average molecular weight is 455 g/mol. The third-order valence-electron chi connectivity index (χ3n) is 5.97. The number of carbonyl (C=O) groups excluding carboxylic acids is 1. The molecule has 2 aliphatic rings. The molecule has 5 rings (SSSR count). The average Bonchev–Trinajstić information content (AvgIpc) is 3.37. The Balaban J connectivity index is 1.45. The minimum absolute atomic E-state index is 0.0375. The lowest BCUT2D eigenvalue weighted by molar-refractivity contribution is 0.102. The van der Waals surface area contributed by atoms with E-state index in [1.807, 2.05) is 24.3 Å². The molecular formula is C26H22FN5O2. The number of fused-ring (bicyclic) bond motifs is 1. The highest BCUT2D eigenvalue weighted by Crippen LogP contribution is 2.37. The van der Waals surface area contributed by atoms with Crippen LogP contribution in [0.1, 0.15) is 35.2 Å². The number of carbonyl (C=O) groups is 1. The molecule has 1 amide bonds. The number of nitrogens with zero attached hydrogens (tertiary/aromatic N) is 3. The Bertz CT molecular complexity index is 1370. The zero-order chi connectivity index (χ0) is 23.5. The molecule has 0 bridgehead atoms. The number of benzene rings is 1. The lowest BCUT2D eigenvalue weighted by atomic mass is 9.92. The molecule has 1 saturated heterocycles. The predicted octanol–water partition coefficient (Wildman–Crippen LogP) is 4.55. The van der Waals surface area contributed by atoms with Gasteiger partial charge in [0.1, 0.15) is 23.5 Å². The Kier molecular flexibility index (Phi) is 6.02. The summed E-state index contributed by atoms with van der Waals surface area (Å²) in [6, 6.07) is 14.4. The second kappa shape index (κ2) is 9.41. The first-order valence-electron chi connectivity index (χ1n) is 11.1. The lowest BCUT2D eigenvalue weighted by Gasteiger charge is -2.20. The summed E-state index contributed by atoms with van der Waals surface area (Å²) in [5.41, 5.74) is 2.57. The van der Waals surface area contributed by atoms with Crippen LogP contribution in [0.2, 0.25) is 0 Å². The molecule has 34 heavy (non-hydrogen) atoms. The molecular weight excluding hydrogens is 433 g/mol. The van der Waals surface area contributed by atoms with Crippen LogP contribution in [0.25, 0.3) is 16.6 Å². The summed E-state index contributed by atoms with van der Waals surface area (Å²) in [6.45, 7) is 1.56. The van der Waals surface area contributed by atoms with Gasteiger partial charge in [0.2, 0.25) is 0 Å². The molecule has 1 aliphatic carbocycles. The number of halogens is 1. The van der Waals surface area contributed by atoms with Gasteiger partial charge in [-0.3, -0.25) is 4.79 Å². The minimum atomic E-state index is -0.518. The van der Waals surface area contributed by atoms with E-state index < -0.39 is 5.83 Å². The van der Waals surface area contributed by atoms with Crippen molar-refractivity contribution in [3.05, 3.63) is 77.3 Å². The fourth-order valence-electron chi connectivity index (χ4n) is 4.16. The maximum atomic E-state index is 14.3. The maximum Gasteiger partial charge on any atom is 0.256 e. The number of anilines is 1. The monoisotopic (exact) mass is 455 g/mol. The van der Waals surface area contributed by atoms with Crippen LogP contribution in [0, 0.1) is 11.3 Å². The van der Waals surface area contributed by atoms with Crippen LogP contribution >= 0.6 is 0 Å². The quantitative estimate of drug-likeness (QED) is 0.586. The Morgan fingerprint density at radius 2 is 2.15 bits per heavy atom. The minimum Gasteiger partial charge on any atom is -0.488 e.